The SMILES string of the molecule is CSc1nc(-c2ccnc(NC(=O)c3cccc(C(F)(F)F)c3)c2)c(-c2ccc(F)cc2)[nH]1. The average Bonchev–Trinajstić information content (AvgIpc) is 3.24. The van der Waals surface area contributed by atoms with E-state index in [0.717, 1.165) is 12.1 Å². The summed E-state index contributed by atoms with van der Waals surface area (Å²) in [5.41, 5.74) is 1.48. The molecule has 5 nitrogen and oxygen atoms in total. The number of alkyl halides is 3. The van der Waals surface area contributed by atoms with Gasteiger partial charge in [-0.3, -0.25) is 4.79 Å². The van der Waals surface area contributed by atoms with Crippen LogP contribution < -0.4 is 5.32 Å². The Kier molecular flexibility index (Phi) is 6.19. The third kappa shape index (κ3) is 5.06. The molecule has 0 fully saturated rings. The lowest BCUT2D eigenvalue weighted by Gasteiger charge is -2.10. The number of halogens is 4. The zero-order valence-corrected chi connectivity index (χ0v) is 17.9. The Morgan fingerprint density at radius 1 is 1.03 bits per heavy atom. The smallest absolute Gasteiger partial charge is 0.332 e. The van der Waals surface area contributed by atoms with Crippen LogP contribution in [0.5, 0.6) is 0 Å². The molecular formula is C23H16F4N4OS. The number of benzene rings is 2. The molecule has 0 saturated carbocycles. The standard InChI is InChI=1S/C23H16F4N4OS/c1-33-22-30-19(13-5-7-17(24)8-6-13)20(31-22)14-9-10-28-18(12-14)29-21(32)15-3-2-4-16(11-15)23(25,26)27/h2-12H,1H3,(H,30,31)(H,28,29,32). The van der Waals surface area contributed by atoms with Gasteiger partial charge >= 0.3 is 6.18 Å². The van der Waals surface area contributed by atoms with E-state index in [1.165, 1.54) is 42.2 Å². The molecule has 0 saturated heterocycles. The first-order chi connectivity index (χ1) is 15.7. The van der Waals surface area contributed by atoms with E-state index < -0.39 is 17.6 Å². The van der Waals surface area contributed by atoms with Gasteiger partial charge in [-0.2, -0.15) is 13.2 Å². The quantitative estimate of drug-likeness (QED) is 0.265. The highest BCUT2D eigenvalue weighted by atomic mass is 32.2. The first kappa shape index (κ1) is 22.5. The van der Waals surface area contributed by atoms with E-state index in [1.807, 2.05) is 6.26 Å². The lowest BCUT2D eigenvalue weighted by atomic mass is 10.1. The number of nitrogens with zero attached hydrogens (tertiary/aromatic N) is 2. The summed E-state index contributed by atoms with van der Waals surface area (Å²) < 4.78 is 52.2. The van der Waals surface area contributed by atoms with Crippen molar-refractivity contribution < 1.29 is 22.4 Å². The van der Waals surface area contributed by atoms with E-state index in [0.29, 0.717) is 27.7 Å². The fourth-order valence-corrected chi connectivity index (χ4v) is 3.54. The van der Waals surface area contributed by atoms with Gasteiger partial charge in [0.1, 0.15) is 11.6 Å². The van der Waals surface area contributed by atoms with Crippen molar-refractivity contribution in [2.45, 2.75) is 11.3 Å². The predicted octanol–water partition coefficient (Wildman–Crippen LogP) is 6.27. The number of aromatic amines is 1. The zero-order chi connectivity index (χ0) is 23.6. The van der Waals surface area contributed by atoms with E-state index in [9.17, 15) is 22.4 Å². The van der Waals surface area contributed by atoms with Crippen LogP contribution in [0.2, 0.25) is 0 Å². The zero-order valence-electron chi connectivity index (χ0n) is 17.1. The molecular weight excluding hydrogens is 456 g/mol. The fourth-order valence-electron chi connectivity index (χ4n) is 3.15. The highest BCUT2D eigenvalue weighted by molar-refractivity contribution is 7.98. The molecule has 0 bridgehead atoms. The first-order valence-electron chi connectivity index (χ1n) is 9.59. The van der Waals surface area contributed by atoms with E-state index in [1.54, 1.807) is 24.3 Å². The molecule has 33 heavy (non-hydrogen) atoms. The molecule has 0 unspecified atom stereocenters. The van der Waals surface area contributed by atoms with Crippen molar-refractivity contribution in [3.05, 3.63) is 83.8 Å². The maximum absolute atomic E-state index is 13.4. The van der Waals surface area contributed by atoms with Gasteiger partial charge in [-0.1, -0.05) is 17.8 Å². The van der Waals surface area contributed by atoms with Crippen molar-refractivity contribution in [2.24, 2.45) is 0 Å². The summed E-state index contributed by atoms with van der Waals surface area (Å²) in [6, 6.07) is 13.3. The molecule has 168 valence electrons. The number of carbonyl (C=O) groups excluding carboxylic acids is 1. The van der Waals surface area contributed by atoms with Crippen LogP contribution in [-0.2, 0) is 6.18 Å². The summed E-state index contributed by atoms with van der Waals surface area (Å²) in [5.74, 6) is -0.946. The fraction of sp³-hybridized carbons (Fsp3) is 0.0870. The van der Waals surface area contributed by atoms with Crippen LogP contribution in [0.4, 0.5) is 23.4 Å². The van der Waals surface area contributed by atoms with Crippen molar-refractivity contribution in [2.75, 3.05) is 11.6 Å². The minimum atomic E-state index is -4.56. The largest absolute Gasteiger partial charge is 0.416 e. The van der Waals surface area contributed by atoms with Crippen molar-refractivity contribution in [3.63, 3.8) is 0 Å². The maximum Gasteiger partial charge on any atom is 0.416 e. The van der Waals surface area contributed by atoms with Crippen molar-refractivity contribution >= 4 is 23.5 Å². The highest BCUT2D eigenvalue weighted by Crippen LogP contribution is 2.33. The second-order valence-corrected chi connectivity index (χ2v) is 7.73. The van der Waals surface area contributed by atoms with Gasteiger partial charge in [0, 0.05) is 22.9 Å². The van der Waals surface area contributed by atoms with Crippen LogP contribution in [0.1, 0.15) is 15.9 Å². The molecule has 1 amide bonds. The molecule has 0 spiro atoms. The van der Waals surface area contributed by atoms with Gasteiger partial charge < -0.3 is 10.3 Å². The van der Waals surface area contributed by atoms with Crippen LogP contribution in [-0.4, -0.2) is 27.1 Å². The third-order valence-corrected chi connectivity index (χ3v) is 5.32. The number of hydrogen-bond acceptors (Lipinski definition) is 4. The lowest BCUT2D eigenvalue weighted by molar-refractivity contribution is -0.137. The van der Waals surface area contributed by atoms with Gasteiger partial charge in [-0.25, -0.2) is 14.4 Å². The molecule has 0 aliphatic rings. The Balaban J connectivity index is 1.65. The van der Waals surface area contributed by atoms with Gasteiger partial charge in [0.15, 0.2) is 5.16 Å². The molecule has 0 atom stereocenters. The van der Waals surface area contributed by atoms with Crippen molar-refractivity contribution in [1.82, 2.24) is 15.0 Å². The Morgan fingerprint density at radius 2 is 1.79 bits per heavy atom. The van der Waals surface area contributed by atoms with Gasteiger partial charge in [0.25, 0.3) is 5.91 Å². The summed E-state index contributed by atoms with van der Waals surface area (Å²) in [7, 11) is 0. The van der Waals surface area contributed by atoms with E-state index in [-0.39, 0.29) is 17.2 Å². The molecule has 4 aromatic rings. The van der Waals surface area contributed by atoms with E-state index in [4.69, 9.17) is 0 Å². The normalized spacial score (nSPS) is 11.4. The van der Waals surface area contributed by atoms with E-state index >= 15 is 0 Å². The van der Waals surface area contributed by atoms with Gasteiger partial charge in [0.2, 0.25) is 0 Å². The van der Waals surface area contributed by atoms with Crippen LogP contribution >= 0.6 is 11.8 Å². The third-order valence-electron chi connectivity index (χ3n) is 4.74. The molecule has 2 N–H and O–H groups in total. The molecule has 2 heterocycles. The summed E-state index contributed by atoms with van der Waals surface area (Å²) in [5, 5.41) is 3.16. The van der Waals surface area contributed by atoms with Crippen molar-refractivity contribution in [1.29, 1.82) is 0 Å². The summed E-state index contributed by atoms with van der Waals surface area (Å²) >= 11 is 1.39. The number of thioether (sulfide) groups is 1. The number of amides is 1. The number of aromatic nitrogens is 3. The van der Waals surface area contributed by atoms with E-state index in [2.05, 4.69) is 20.3 Å². The molecule has 2 aromatic heterocycles. The Morgan fingerprint density at radius 3 is 2.48 bits per heavy atom. The number of rotatable bonds is 5. The number of carbonyl (C=O) groups is 1. The van der Waals surface area contributed by atoms with Gasteiger partial charge in [0.05, 0.1) is 17.0 Å². The number of imidazole rings is 1. The summed E-state index contributed by atoms with van der Waals surface area (Å²) in [6.07, 6.45) is -1.25. The Labute approximate surface area is 190 Å². The lowest BCUT2D eigenvalue weighted by Crippen LogP contribution is -2.14. The Bertz CT molecular complexity index is 1300. The average molecular weight is 472 g/mol. The topological polar surface area (TPSA) is 70.7 Å². The number of anilines is 1. The molecule has 2 aromatic carbocycles. The molecule has 10 heteroatoms. The second kappa shape index (κ2) is 9.07. The first-order valence-corrected chi connectivity index (χ1v) is 10.8. The van der Waals surface area contributed by atoms with Crippen LogP contribution in [0, 0.1) is 5.82 Å². The number of nitrogens with one attached hydrogen (secondary N) is 2. The molecule has 0 aliphatic heterocycles. The Hall–Kier alpha value is -3.66. The van der Waals surface area contributed by atoms with Crippen LogP contribution in [0.3, 0.4) is 0 Å². The molecule has 0 radical (unpaired) electrons. The minimum absolute atomic E-state index is 0.145. The minimum Gasteiger partial charge on any atom is -0.332 e. The van der Waals surface area contributed by atoms with Gasteiger partial charge in [-0.05, 0) is 60.9 Å². The second-order valence-electron chi connectivity index (χ2n) is 6.94. The van der Waals surface area contributed by atoms with Crippen LogP contribution in [0.15, 0.2) is 72.0 Å². The van der Waals surface area contributed by atoms with Gasteiger partial charge in [-0.15, -0.1) is 0 Å². The van der Waals surface area contributed by atoms with Crippen molar-refractivity contribution in [3.8, 4) is 22.5 Å². The summed E-state index contributed by atoms with van der Waals surface area (Å²) in [6.45, 7) is 0. The number of hydrogen-bond donors (Lipinski definition) is 2. The predicted molar refractivity (Wildman–Crippen MR) is 118 cm³/mol. The number of H-pyrrole nitrogens is 1. The number of pyridine rings is 1. The maximum atomic E-state index is 13.4. The molecule has 4 rings (SSSR count). The summed E-state index contributed by atoms with van der Waals surface area (Å²) in [4.78, 5) is 24.4. The highest BCUT2D eigenvalue weighted by Gasteiger charge is 2.31. The molecule has 0 aliphatic carbocycles. The monoisotopic (exact) mass is 472 g/mol. The van der Waals surface area contributed by atoms with Crippen LogP contribution in [0.25, 0.3) is 22.5 Å².